The molecule has 0 radical (unpaired) electrons. The van der Waals surface area contributed by atoms with Crippen molar-refractivity contribution in [3.05, 3.63) is 41.8 Å². The van der Waals surface area contributed by atoms with E-state index in [9.17, 15) is 4.79 Å². The fourth-order valence-electron chi connectivity index (χ4n) is 1.17. The molecule has 1 amide bonds. The molecule has 0 saturated carbocycles. The lowest BCUT2D eigenvalue weighted by atomic mass is 10.3. The molecule has 0 aromatic carbocycles. The van der Waals surface area contributed by atoms with Crippen molar-refractivity contribution in [2.45, 2.75) is 13.5 Å². The second-order valence-electron chi connectivity index (χ2n) is 3.16. The van der Waals surface area contributed by atoms with Gasteiger partial charge in [0, 0.05) is 12.4 Å². The number of amides is 1. The van der Waals surface area contributed by atoms with Crippen LogP contribution in [0.15, 0.2) is 29.0 Å². The molecule has 0 atom stereocenters. The Morgan fingerprint density at radius 3 is 3.06 bits per heavy atom. The maximum atomic E-state index is 11.6. The molecule has 0 fully saturated rings. The maximum absolute atomic E-state index is 11.6. The average molecular weight is 218 g/mol. The van der Waals surface area contributed by atoms with E-state index in [1.165, 1.54) is 6.20 Å². The Labute approximate surface area is 91.7 Å². The van der Waals surface area contributed by atoms with Gasteiger partial charge < -0.3 is 9.84 Å². The number of aromatic nitrogens is 3. The summed E-state index contributed by atoms with van der Waals surface area (Å²) in [6.07, 6.45) is 3.10. The number of aryl methyl sites for hydroxylation is 1. The van der Waals surface area contributed by atoms with Gasteiger partial charge in [-0.2, -0.15) is 4.98 Å². The highest BCUT2D eigenvalue weighted by molar-refractivity contribution is 5.93. The predicted octanol–water partition coefficient (Wildman–Crippen LogP) is 0.703. The Morgan fingerprint density at radius 1 is 1.56 bits per heavy atom. The highest BCUT2D eigenvalue weighted by atomic mass is 16.5. The summed E-state index contributed by atoms with van der Waals surface area (Å²) in [5.74, 6) is 0.712. The van der Waals surface area contributed by atoms with Crippen molar-refractivity contribution in [2.24, 2.45) is 0 Å². The first kappa shape index (κ1) is 10.3. The van der Waals surface area contributed by atoms with Crippen molar-refractivity contribution in [3.63, 3.8) is 0 Å². The number of carbonyl (C=O) groups is 1. The summed E-state index contributed by atoms with van der Waals surface area (Å²) < 4.78 is 4.86. The number of hydrogen-bond donors (Lipinski definition) is 1. The number of rotatable bonds is 3. The van der Waals surface area contributed by atoms with E-state index in [0.29, 0.717) is 17.3 Å². The smallest absolute Gasteiger partial charge is 0.253 e. The number of hydrogen-bond acceptors (Lipinski definition) is 5. The van der Waals surface area contributed by atoms with Crippen LogP contribution in [0.1, 0.15) is 22.1 Å². The molecule has 1 N–H and O–H groups in total. The van der Waals surface area contributed by atoms with Gasteiger partial charge in [-0.15, -0.1) is 0 Å². The second kappa shape index (κ2) is 4.52. The van der Waals surface area contributed by atoms with Gasteiger partial charge in [-0.1, -0.05) is 5.16 Å². The lowest BCUT2D eigenvalue weighted by Gasteiger charge is -2.00. The topological polar surface area (TPSA) is 80.9 Å². The molecule has 6 nitrogen and oxygen atoms in total. The molecule has 0 bridgehead atoms. The molecule has 2 aromatic rings. The van der Waals surface area contributed by atoms with Crippen molar-refractivity contribution in [3.8, 4) is 0 Å². The average Bonchev–Trinajstić information content (AvgIpc) is 2.73. The van der Waals surface area contributed by atoms with Crippen LogP contribution in [-0.4, -0.2) is 21.0 Å². The normalized spacial score (nSPS) is 10.1. The molecule has 0 spiro atoms. The fraction of sp³-hybridized carbons (Fsp3) is 0.200. The Hall–Kier alpha value is -2.24. The summed E-state index contributed by atoms with van der Waals surface area (Å²) >= 11 is 0. The van der Waals surface area contributed by atoms with E-state index in [0.717, 1.165) is 0 Å². The molecule has 16 heavy (non-hydrogen) atoms. The largest absolute Gasteiger partial charge is 0.343 e. The van der Waals surface area contributed by atoms with Crippen molar-refractivity contribution in [1.82, 2.24) is 20.4 Å². The number of nitrogens with one attached hydrogen (secondary N) is 1. The summed E-state index contributed by atoms with van der Waals surface area (Å²) in [6.45, 7) is 1.94. The quantitative estimate of drug-likeness (QED) is 0.820. The van der Waals surface area contributed by atoms with Crippen LogP contribution in [0.5, 0.6) is 0 Å². The van der Waals surface area contributed by atoms with E-state index in [1.54, 1.807) is 25.3 Å². The van der Waals surface area contributed by atoms with Crippen LogP contribution in [0.25, 0.3) is 0 Å². The number of nitrogens with zero attached hydrogens (tertiary/aromatic N) is 3. The van der Waals surface area contributed by atoms with Crippen LogP contribution < -0.4 is 5.32 Å². The molecule has 0 aliphatic rings. The molecule has 0 aliphatic carbocycles. The molecule has 6 heteroatoms. The Kier molecular flexibility index (Phi) is 2.90. The van der Waals surface area contributed by atoms with E-state index in [1.807, 2.05) is 0 Å². The standard InChI is InChI=1S/C10H10N4O2/c1-7-13-9(16-14-7)6-12-10(15)8-3-2-4-11-5-8/h2-5H,6H2,1H3,(H,12,15). The van der Waals surface area contributed by atoms with Crippen LogP contribution >= 0.6 is 0 Å². The highest BCUT2D eigenvalue weighted by Gasteiger charge is 2.07. The fourth-order valence-corrected chi connectivity index (χ4v) is 1.17. The van der Waals surface area contributed by atoms with Crippen LogP contribution in [0.2, 0.25) is 0 Å². The van der Waals surface area contributed by atoms with Gasteiger partial charge >= 0.3 is 0 Å². The summed E-state index contributed by atoms with van der Waals surface area (Å²) in [5.41, 5.74) is 0.499. The zero-order valence-electron chi connectivity index (χ0n) is 8.67. The van der Waals surface area contributed by atoms with Gasteiger partial charge in [0.2, 0.25) is 5.89 Å². The first-order chi connectivity index (χ1) is 7.75. The van der Waals surface area contributed by atoms with Crippen LogP contribution in [0.3, 0.4) is 0 Å². The van der Waals surface area contributed by atoms with Gasteiger partial charge in [-0.3, -0.25) is 9.78 Å². The molecule has 2 rings (SSSR count). The molecule has 2 aromatic heterocycles. The van der Waals surface area contributed by atoms with E-state index in [4.69, 9.17) is 4.52 Å². The third kappa shape index (κ3) is 2.41. The first-order valence-corrected chi connectivity index (χ1v) is 4.73. The minimum absolute atomic E-state index is 0.217. The summed E-state index contributed by atoms with van der Waals surface area (Å²) in [5, 5.41) is 6.27. The van der Waals surface area contributed by atoms with Crippen molar-refractivity contribution in [1.29, 1.82) is 0 Å². The minimum atomic E-state index is -0.219. The first-order valence-electron chi connectivity index (χ1n) is 4.73. The molecule has 0 saturated heterocycles. The van der Waals surface area contributed by atoms with Gasteiger partial charge in [-0.25, -0.2) is 0 Å². The van der Waals surface area contributed by atoms with Crippen molar-refractivity contribution >= 4 is 5.91 Å². The van der Waals surface area contributed by atoms with E-state index in [2.05, 4.69) is 20.4 Å². The Morgan fingerprint density at radius 2 is 2.44 bits per heavy atom. The maximum Gasteiger partial charge on any atom is 0.253 e. The zero-order valence-corrected chi connectivity index (χ0v) is 8.67. The van der Waals surface area contributed by atoms with Gasteiger partial charge in [0.15, 0.2) is 5.82 Å². The van der Waals surface area contributed by atoms with Gasteiger partial charge in [0.05, 0.1) is 12.1 Å². The SMILES string of the molecule is Cc1noc(CNC(=O)c2cccnc2)n1. The van der Waals surface area contributed by atoms with Crippen LogP contribution in [0, 0.1) is 6.92 Å². The Bertz CT molecular complexity index is 481. The van der Waals surface area contributed by atoms with E-state index in [-0.39, 0.29) is 12.5 Å². The molecule has 82 valence electrons. The van der Waals surface area contributed by atoms with Crippen LogP contribution in [-0.2, 0) is 6.54 Å². The predicted molar refractivity (Wildman–Crippen MR) is 54.4 cm³/mol. The molecule has 0 unspecified atom stereocenters. The lowest BCUT2D eigenvalue weighted by molar-refractivity contribution is 0.0946. The third-order valence-electron chi connectivity index (χ3n) is 1.89. The van der Waals surface area contributed by atoms with Crippen LogP contribution in [0.4, 0.5) is 0 Å². The van der Waals surface area contributed by atoms with Crippen molar-refractivity contribution in [2.75, 3.05) is 0 Å². The van der Waals surface area contributed by atoms with Gasteiger partial charge in [-0.05, 0) is 19.1 Å². The summed E-state index contributed by atoms with van der Waals surface area (Å²) in [6, 6.07) is 3.38. The lowest BCUT2D eigenvalue weighted by Crippen LogP contribution is -2.23. The number of carbonyl (C=O) groups excluding carboxylic acids is 1. The molecule has 0 aliphatic heterocycles. The van der Waals surface area contributed by atoms with Crippen molar-refractivity contribution < 1.29 is 9.32 Å². The molecular formula is C10H10N4O2. The molecular weight excluding hydrogens is 208 g/mol. The third-order valence-corrected chi connectivity index (χ3v) is 1.89. The zero-order chi connectivity index (χ0) is 11.4. The Balaban J connectivity index is 1.94. The van der Waals surface area contributed by atoms with Gasteiger partial charge in [0.1, 0.15) is 0 Å². The van der Waals surface area contributed by atoms with E-state index >= 15 is 0 Å². The van der Waals surface area contributed by atoms with E-state index < -0.39 is 0 Å². The summed E-state index contributed by atoms with van der Waals surface area (Å²) in [4.78, 5) is 19.4. The summed E-state index contributed by atoms with van der Waals surface area (Å²) in [7, 11) is 0. The number of pyridine rings is 1. The minimum Gasteiger partial charge on any atom is -0.343 e. The second-order valence-corrected chi connectivity index (χ2v) is 3.16. The molecule has 2 heterocycles. The highest BCUT2D eigenvalue weighted by Crippen LogP contribution is 1.98. The monoisotopic (exact) mass is 218 g/mol. The van der Waals surface area contributed by atoms with Gasteiger partial charge in [0.25, 0.3) is 5.91 Å².